The van der Waals surface area contributed by atoms with Crippen LogP contribution in [-0.4, -0.2) is 89.5 Å². The second-order valence-electron chi connectivity index (χ2n) is 15.7. The number of hydrogen-bond acceptors (Lipinski definition) is 5. The lowest BCUT2D eigenvalue weighted by Gasteiger charge is -2.37. The van der Waals surface area contributed by atoms with Gasteiger partial charge >= 0.3 is 6.09 Å². The van der Waals surface area contributed by atoms with Gasteiger partial charge in [-0.3, -0.25) is 0 Å². The van der Waals surface area contributed by atoms with Gasteiger partial charge in [-0.05, 0) is 32.1 Å². The molecule has 1 rings (SSSR count). The highest BCUT2D eigenvalue weighted by Gasteiger charge is 2.24. The average Bonchev–Trinajstić information content (AvgIpc) is 3.12. The number of amides is 1. The Morgan fingerprint density at radius 3 is 1.54 bits per heavy atom. The molecule has 298 valence electrons. The number of quaternary nitrogens is 1. The van der Waals surface area contributed by atoms with E-state index in [4.69, 9.17) is 18.9 Å². The minimum Gasteiger partial charge on any atom is -0.447 e. The van der Waals surface area contributed by atoms with Crippen molar-refractivity contribution in [3.05, 3.63) is 0 Å². The predicted octanol–water partition coefficient (Wildman–Crippen LogP) is 11.6. The van der Waals surface area contributed by atoms with Crippen LogP contribution in [0.4, 0.5) is 4.79 Å². The molecule has 1 atom stereocenters. The summed E-state index contributed by atoms with van der Waals surface area (Å²) in [5, 5.41) is 2.95. The third kappa shape index (κ3) is 31.8. The van der Waals surface area contributed by atoms with E-state index in [1.165, 1.54) is 161 Å². The molecule has 1 aliphatic rings. The summed E-state index contributed by atoms with van der Waals surface area (Å²) in [7, 11) is 2.35. The Bertz CT molecular complexity index is 703. The lowest BCUT2D eigenvalue weighted by atomic mass is 10.1. The molecule has 0 aromatic rings. The fourth-order valence-corrected chi connectivity index (χ4v) is 6.99. The van der Waals surface area contributed by atoms with Crippen LogP contribution in [0.3, 0.4) is 0 Å². The molecule has 0 spiro atoms. The number of ether oxygens (including phenoxy) is 4. The molecular weight excluding hydrogens is 624 g/mol. The third-order valence-electron chi connectivity index (χ3n) is 10.6. The van der Waals surface area contributed by atoms with Crippen molar-refractivity contribution in [3.63, 3.8) is 0 Å². The fourth-order valence-electron chi connectivity index (χ4n) is 6.99. The SMILES string of the molecule is CCCCCCCCCCCCCCOCC(COC(=O)NCCCCCC[N+]1(C)CCOCC1)OCCCCCCCCCCCCCC. The van der Waals surface area contributed by atoms with E-state index in [9.17, 15) is 4.79 Å². The fraction of sp³-hybridized carbons (Fsp3) is 0.977. The van der Waals surface area contributed by atoms with Crippen LogP contribution in [0.5, 0.6) is 0 Å². The van der Waals surface area contributed by atoms with E-state index in [0.29, 0.717) is 19.8 Å². The number of nitrogens with one attached hydrogen (secondary N) is 1. The summed E-state index contributed by atoms with van der Waals surface area (Å²) in [6, 6.07) is 0. The molecule has 0 bridgehead atoms. The lowest BCUT2D eigenvalue weighted by molar-refractivity contribution is -0.917. The van der Waals surface area contributed by atoms with Crippen molar-refractivity contribution in [2.45, 2.75) is 200 Å². The summed E-state index contributed by atoms with van der Waals surface area (Å²) in [4.78, 5) is 12.4. The predicted molar refractivity (Wildman–Crippen MR) is 212 cm³/mol. The van der Waals surface area contributed by atoms with Crippen molar-refractivity contribution >= 4 is 6.09 Å². The summed E-state index contributed by atoms with van der Waals surface area (Å²) in [5.74, 6) is 0. The zero-order chi connectivity index (χ0) is 36.1. The second kappa shape index (κ2) is 36.5. The number of carbonyl (C=O) groups excluding carboxylic acids is 1. The summed E-state index contributed by atoms with van der Waals surface area (Å²) < 4.78 is 24.5. The molecule has 7 nitrogen and oxygen atoms in total. The summed E-state index contributed by atoms with van der Waals surface area (Å²) in [6.45, 7) is 12.7. The maximum Gasteiger partial charge on any atom is 0.407 e. The standard InChI is InChI=1S/C43H86N2O5/c1-4-6-8-10-12-14-16-18-20-22-26-30-36-48-40-42(49-37-31-27-23-21-19-17-15-13-11-9-7-5-2)41-50-43(46)44-32-28-24-25-29-33-45(3)34-38-47-39-35-45/h42H,4-41H2,1-3H3/p+1. The largest absolute Gasteiger partial charge is 0.447 e. The molecule has 0 saturated carbocycles. The monoisotopic (exact) mass is 712 g/mol. The van der Waals surface area contributed by atoms with E-state index in [1.54, 1.807) is 0 Å². The first kappa shape index (κ1) is 47.1. The Morgan fingerprint density at radius 1 is 0.580 bits per heavy atom. The number of rotatable bonds is 38. The van der Waals surface area contributed by atoms with E-state index in [0.717, 1.165) is 63.1 Å². The Morgan fingerprint density at radius 2 is 1.02 bits per heavy atom. The van der Waals surface area contributed by atoms with Gasteiger partial charge < -0.3 is 28.7 Å². The van der Waals surface area contributed by atoms with Gasteiger partial charge in [0.2, 0.25) is 0 Å². The topological polar surface area (TPSA) is 66.0 Å². The number of unbranched alkanes of at least 4 members (excludes halogenated alkanes) is 25. The van der Waals surface area contributed by atoms with Crippen LogP contribution in [0.1, 0.15) is 194 Å². The number of alkyl carbamates (subject to hydrolysis) is 1. The van der Waals surface area contributed by atoms with E-state index in [-0.39, 0.29) is 18.8 Å². The van der Waals surface area contributed by atoms with Crippen LogP contribution in [-0.2, 0) is 18.9 Å². The van der Waals surface area contributed by atoms with Gasteiger partial charge in [-0.2, -0.15) is 0 Å². The number of morpholine rings is 1. The maximum absolute atomic E-state index is 12.4. The molecule has 0 aromatic carbocycles. The summed E-state index contributed by atoms with van der Waals surface area (Å²) in [6.07, 6.45) is 36.1. The van der Waals surface area contributed by atoms with E-state index in [2.05, 4.69) is 26.2 Å². The van der Waals surface area contributed by atoms with E-state index >= 15 is 0 Å². The van der Waals surface area contributed by atoms with Crippen molar-refractivity contribution in [3.8, 4) is 0 Å². The highest BCUT2D eigenvalue weighted by molar-refractivity contribution is 5.67. The maximum atomic E-state index is 12.4. The molecule has 1 fully saturated rings. The van der Waals surface area contributed by atoms with Crippen molar-refractivity contribution in [2.75, 3.05) is 72.9 Å². The van der Waals surface area contributed by atoms with Crippen LogP contribution in [0.15, 0.2) is 0 Å². The summed E-state index contributed by atoms with van der Waals surface area (Å²) >= 11 is 0. The first-order valence-corrected chi connectivity index (χ1v) is 22.1. The Hall–Kier alpha value is -0.890. The molecule has 0 radical (unpaired) electrons. The van der Waals surface area contributed by atoms with Gasteiger partial charge in [0.05, 0.1) is 33.4 Å². The highest BCUT2D eigenvalue weighted by Crippen LogP contribution is 2.14. The average molecular weight is 712 g/mol. The van der Waals surface area contributed by atoms with Gasteiger partial charge in [0, 0.05) is 19.8 Å². The molecule has 0 aromatic heterocycles. The molecule has 0 aliphatic carbocycles. The Kier molecular flexibility index (Phi) is 34.4. The van der Waals surface area contributed by atoms with Crippen LogP contribution >= 0.6 is 0 Å². The van der Waals surface area contributed by atoms with Gasteiger partial charge in [-0.1, -0.05) is 162 Å². The van der Waals surface area contributed by atoms with Gasteiger partial charge in [0.1, 0.15) is 25.8 Å². The Balaban J connectivity index is 2.16. The van der Waals surface area contributed by atoms with Crippen LogP contribution in [0.2, 0.25) is 0 Å². The van der Waals surface area contributed by atoms with E-state index < -0.39 is 0 Å². The first-order valence-electron chi connectivity index (χ1n) is 22.1. The van der Waals surface area contributed by atoms with Crippen LogP contribution < -0.4 is 5.32 Å². The highest BCUT2D eigenvalue weighted by atomic mass is 16.6. The normalized spacial score (nSPS) is 14.9. The molecule has 1 saturated heterocycles. The molecule has 1 unspecified atom stereocenters. The zero-order valence-corrected chi connectivity index (χ0v) is 33.9. The van der Waals surface area contributed by atoms with E-state index in [1.807, 2.05) is 0 Å². The molecular formula is C43H87N2O5+. The van der Waals surface area contributed by atoms with Crippen molar-refractivity contribution in [1.82, 2.24) is 5.32 Å². The number of likely N-dealkylation sites (N-methyl/N-ethyl adjacent to an activating group) is 1. The number of carbonyl (C=O) groups is 1. The van der Waals surface area contributed by atoms with Gasteiger partial charge in [0.15, 0.2) is 0 Å². The molecule has 50 heavy (non-hydrogen) atoms. The van der Waals surface area contributed by atoms with Gasteiger partial charge in [-0.15, -0.1) is 0 Å². The molecule has 7 heteroatoms. The molecule has 1 N–H and O–H groups in total. The summed E-state index contributed by atoms with van der Waals surface area (Å²) in [5.41, 5.74) is 0. The van der Waals surface area contributed by atoms with Crippen LogP contribution in [0.25, 0.3) is 0 Å². The van der Waals surface area contributed by atoms with Gasteiger partial charge in [-0.25, -0.2) is 4.79 Å². The number of nitrogens with zero attached hydrogens (tertiary/aromatic N) is 1. The van der Waals surface area contributed by atoms with Crippen molar-refractivity contribution in [1.29, 1.82) is 0 Å². The second-order valence-corrected chi connectivity index (χ2v) is 15.7. The first-order chi connectivity index (χ1) is 24.6. The van der Waals surface area contributed by atoms with Crippen molar-refractivity contribution < 1.29 is 28.2 Å². The third-order valence-corrected chi connectivity index (χ3v) is 10.6. The molecule has 1 aliphatic heterocycles. The molecule has 1 heterocycles. The molecule has 1 amide bonds. The van der Waals surface area contributed by atoms with Crippen LogP contribution in [0, 0.1) is 0 Å². The Labute approximate surface area is 311 Å². The smallest absolute Gasteiger partial charge is 0.407 e. The number of hydrogen-bond donors (Lipinski definition) is 1. The minimum atomic E-state index is -0.337. The van der Waals surface area contributed by atoms with Gasteiger partial charge in [0.25, 0.3) is 0 Å². The van der Waals surface area contributed by atoms with Crippen molar-refractivity contribution in [2.24, 2.45) is 0 Å². The zero-order valence-electron chi connectivity index (χ0n) is 33.9. The lowest BCUT2D eigenvalue weighted by Crippen LogP contribution is -2.52. The minimum absolute atomic E-state index is 0.199. The quantitative estimate of drug-likeness (QED) is 0.0510.